The van der Waals surface area contributed by atoms with Crippen LogP contribution >= 0.6 is 0 Å². The number of halogens is 2. The van der Waals surface area contributed by atoms with Gasteiger partial charge < -0.3 is 0 Å². The molecule has 136 valence electrons. The Balaban J connectivity index is 2.16. The van der Waals surface area contributed by atoms with E-state index in [0.29, 0.717) is 16.9 Å². The van der Waals surface area contributed by atoms with Crippen LogP contribution in [-0.2, 0) is 15.9 Å². The van der Waals surface area contributed by atoms with Gasteiger partial charge in [0.25, 0.3) is 5.92 Å². The fourth-order valence-corrected chi connectivity index (χ4v) is 3.01. The van der Waals surface area contributed by atoms with E-state index in [-0.39, 0.29) is 10.6 Å². The molecule has 0 unspecified atom stereocenters. The van der Waals surface area contributed by atoms with Gasteiger partial charge in [-0.1, -0.05) is 29.8 Å². The van der Waals surface area contributed by atoms with Crippen molar-refractivity contribution >= 4 is 10.0 Å². The van der Waals surface area contributed by atoms with Gasteiger partial charge in [-0.2, -0.15) is 13.9 Å². The molecular formula is C18H17F2N3O2S. The SMILES string of the molecule is Cc1ccc(-c2cc(C(C)(F)F)nn2-c2ccc(S(N)(=O)=O)cc2)cc1. The minimum Gasteiger partial charge on any atom is -0.233 e. The van der Waals surface area contributed by atoms with Crippen molar-refractivity contribution in [1.29, 1.82) is 0 Å². The smallest absolute Gasteiger partial charge is 0.233 e. The molecule has 1 heterocycles. The molecule has 0 radical (unpaired) electrons. The molecule has 0 fully saturated rings. The molecule has 1 aromatic heterocycles. The second-order valence-corrected chi connectivity index (χ2v) is 7.68. The Labute approximate surface area is 150 Å². The van der Waals surface area contributed by atoms with Gasteiger partial charge in [0, 0.05) is 12.5 Å². The Morgan fingerprint density at radius 3 is 2.12 bits per heavy atom. The summed E-state index contributed by atoms with van der Waals surface area (Å²) in [5, 5.41) is 9.12. The number of primary sulfonamides is 1. The molecule has 0 bridgehead atoms. The fourth-order valence-electron chi connectivity index (χ4n) is 2.50. The average Bonchev–Trinajstić information content (AvgIpc) is 3.00. The first-order valence-corrected chi connectivity index (χ1v) is 9.29. The fraction of sp³-hybridized carbons (Fsp3) is 0.167. The van der Waals surface area contributed by atoms with Crippen LogP contribution in [-0.4, -0.2) is 18.2 Å². The van der Waals surface area contributed by atoms with Crippen LogP contribution in [0.5, 0.6) is 0 Å². The standard InChI is InChI=1S/C18H17F2N3O2S/c1-12-3-5-13(6-4-12)16-11-17(18(2,19)20)22-23(16)14-7-9-15(10-8-14)26(21,24)25/h3-11H,1-2H3,(H2,21,24,25). The molecule has 0 saturated carbocycles. The highest BCUT2D eigenvalue weighted by molar-refractivity contribution is 7.89. The van der Waals surface area contributed by atoms with Crippen molar-refractivity contribution in [1.82, 2.24) is 9.78 Å². The van der Waals surface area contributed by atoms with Gasteiger partial charge in [-0.05, 0) is 37.3 Å². The number of sulfonamides is 1. The molecule has 0 atom stereocenters. The molecule has 2 N–H and O–H groups in total. The Kier molecular flexibility index (Phi) is 4.41. The second kappa shape index (κ2) is 6.30. The summed E-state index contributed by atoms with van der Waals surface area (Å²) in [7, 11) is -3.84. The largest absolute Gasteiger partial charge is 0.288 e. The van der Waals surface area contributed by atoms with E-state index in [2.05, 4.69) is 5.10 Å². The van der Waals surface area contributed by atoms with Crippen molar-refractivity contribution in [2.75, 3.05) is 0 Å². The van der Waals surface area contributed by atoms with E-state index in [4.69, 9.17) is 5.14 Å². The lowest BCUT2D eigenvalue weighted by Crippen LogP contribution is -2.12. The first-order valence-electron chi connectivity index (χ1n) is 7.74. The van der Waals surface area contributed by atoms with E-state index in [9.17, 15) is 17.2 Å². The van der Waals surface area contributed by atoms with Crippen LogP contribution in [0.25, 0.3) is 16.9 Å². The lowest BCUT2D eigenvalue weighted by molar-refractivity contribution is 0.0124. The van der Waals surface area contributed by atoms with Crippen LogP contribution in [0.2, 0.25) is 0 Å². The Morgan fingerprint density at radius 1 is 1.04 bits per heavy atom. The maximum atomic E-state index is 13.8. The van der Waals surface area contributed by atoms with Gasteiger partial charge in [-0.15, -0.1) is 0 Å². The van der Waals surface area contributed by atoms with Crippen LogP contribution < -0.4 is 5.14 Å². The molecule has 0 aliphatic carbocycles. The summed E-state index contributed by atoms with van der Waals surface area (Å²) in [6.45, 7) is 2.71. The third-order valence-corrected chi connectivity index (χ3v) is 4.85. The monoisotopic (exact) mass is 377 g/mol. The summed E-state index contributed by atoms with van der Waals surface area (Å²) in [6.07, 6.45) is 0. The number of rotatable bonds is 4. The van der Waals surface area contributed by atoms with Crippen molar-refractivity contribution in [3.8, 4) is 16.9 Å². The number of aromatic nitrogens is 2. The normalized spacial score (nSPS) is 12.3. The van der Waals surface area contributed by atoms with Crippen LogP contribution in [0.1, 0.15) is 18.2 Å². The molecule has 3 aromatic rings. The summed E-state index contributed by atoms with van der Waals surface area (Å²) in [5.74, 6) is -3.11. The van der Waals surface area contributed by atoms with E-state index in [1.54, 1.807) is 0 Å². The number of nitrogens with zero attached hydrogens (tertiary/aromatic N) is 2. The highest BCUT2D eigenvalue weighted by Crippen LogP contribution is 2.32. The van der Waals surface area contributed by atoms with Crippen molar-refractivity contribution in [2.45, 2.75) is 24.7 Å². The maximum absolute atomic E-state index is 13.8. The molecule has 5 nitrogen and oxygen atoms in total. The summed E-state index contributed by atoms with van der Waals surface area (Å²) in [6, 6.07) is 14.3. The summed E-state index contributed by atoms with van der Waals surface area (Å²) in [5.41, 5.74) is 2.31. The van der Waals surface area contributed by atoms with Crippen molar-refractivity contribution in [3.63, 3.8) is 0 Å². The third-order valence-electron chi connectivity index (χ3n) is 3.92. The lowest BCUT2D eigenvalue weighted by atomic mass is 10.1. The maximum Gasteiger partial charge on any atom is 0.288 e. The van der Waals surface area contributed by atoms with Crippen LogP contribution in [0.15, 0.2) is 59.5 Å². The van der Waals surface area contributed by atoms with E-state index in [1.165, 1.54) is 35.0 Å². The van der Waals surface area contributed by atoms with Crippen LogP contribution in [0, 0.1) is 6.92 Å². The molecule has 0 saturated heterocycles. The van der Waals surface area contributed by atoms with E-state index < -0.39 is 15.9 Å². The molecule has 0 aliphatic rings. The highest BCUT2D eigenvalue weighted by atomic mass is 32.2. The van der Waals surface area contributed by atoms with E-state index in [1.807, 2.05) is 31.2 Å². The third kappa shape index (κ3) is 3.66. The minimum atomic E-state index is -3.84. The zero-order chi connectivity index (χ0) is 19.1. The minimum absolute atomic E-state index is 0.0636. The second-order valence-electron chi connectivity index (χ2n) is 6.12. The molecule has 0 aliphatic heterocycles. The number of benzene rings is 2. The predicted octanol–water partition coefficient (Wildman–Crippen LogP) is 3.61. The summed E-state index contributed by atoms with van der Waals surface area (Å²) >= 11 is 0. The first-order chi connectivity index (χ1) is 12.1. The Bertz CT molecular complexity index is 1040. The van der Waals surface area contributed by atoms with Crippen LogP contribution in [0.3, 0.4) is 0 Å². The number of nitrogens with two attached hydrogens (primary N) is 1. The predicted molar refractivity (Wildman–Crippen MR) is 94.7 cm³/mol. The zero-order valence-electron chi connectivity index (χ0n) is 14.1. The van der Waals surface area contributed by atoms with Crippen molar-refractivity contribution < 1.29 is 17.2 Å². The van der Waals surface area contributed by atoms with Gasteiger partial charge in [0.15, 0.2) is 0 Å². The number of aryl methyl sites for hydroxylation is 1. The van der Waals surface area contributed by atoms with E-state index >= 15 is 0 Å². The molecule has 0 spiro atoms. The number of hydrogen-bond donors (Lipinski definition) is 1. The molecule has 8 heteroatoms. The number of hydrogen-bond acceptors (Lipinski definition) is 3. The zero-order valence-corrected chi connectivity index (χ0v) is 15.0. The van der Waals surface area contributed by atoms with Crippen molar-refractivity contribution in [2.24, 2.45) is 5.14 Å². The molecule has 3 rings (SSSR count). The van der Waals surface area contributed by atoms with Gasteiger partial charge in [-0.25, -0.2) is 18.2 Å². The highest BCUT2D eigenvalue weighted by Gasteiger charge is 2.29. The van der Waals surface area contributed by atoms with Crippen molar-refractivity contribution in [3.05, 3.63) is 65.9 Å². The Morgan fingerprint density at radius 2 is 1.62 bits per heavy atom. The molecule has 0 amide bonds. The molecule has 2 aromatic carbocycles. The quantitative estimate of drug-likeness (QED) is 0.754. The van der Waals surface area contributed by atoms with Gasteiger partial charge in [0.05, 0.1) is 16.3 Å². The molecule has 26 heavy (non-hydrogen) atoms. The van der Waals surface area contributed by atoms with Gasteiger partial charge in [0.2, 0.25) is 10.0 Å². The lowest BCUT2D eigenvalue weighted by Gasteiger charge is -2.09. The summed E-state index contributed by atoms with van der Waals surface area (Å²) < 4.78 is 51.7. The Hall–Kier alpha value is -2.58. The number of alkyl halides is 2. The first kappa shape index (κ1) is 18.2. The van der Waals surface area contributed by atoms with Gasteiger partial charge in [-0.3, -0.25) is 0 Å². The molecular weight excluding hydrogens is 360 g/mol. The summed E-state index contributed by atoms with van der Waals surface area (Å²) in [4.78, 5) is -0.0636. The van der Waals surface area contributed by atoms with Crippen LogP contribution in [0.4, 0.5) is 8.78 Å². The average molecular weight is 377 g/mol. The topological polar surface area (TPSA) is 78.0 Å². The van der Waals surface area contributed by atoms with Gasteiger partial charge >= 0.3 is 0 Å². The van der Waals surface area contributed by atoms with E-state index in [0.717, 1.165) is 12.5 Å². The van der Waals surface area contributed by atoms with Gasteiger partial charge in [0.1, 0.15) is 5.69 Å².